The molecule has 0 saturated heterocycles. The minimum atomic E-state index is -1.74. The number of ketones is 1. The molecule has 0 aromatic carbocycles. The zero-order valence-electron chi connectivity index (χ0n) is 18.3. The van der Waals surface area contributed by atoms with Crippen molar-refractivity contribution in [3.63, 3.8) is 0 Å². The number of hydrogen-bond donors (Lipinski definition) is 3. The summed E-state index contributed by atoms with van der Waals surface area (Å²) in [7, 11) is 0. The number of carbonyl (C=O) groups is 2. The average molecular weight is 421 g/mol. The normalized spacial score (nSPS) is 48.6. The zero-order valence-corrected chi connectivity index (χ0v) is 18.3. The molecule has 0 aromatic rings. The molecule has 0 aromatic heterocycles. The van der Waals surface area contributed by atoms with E-state index in [2.05, 4.69) is 0 Å². The summed E-state index contributed by atoms with van der Waals surface area (Å²) in [4.78, 5) is 25.1. The summed E-state index contributed by atoms with van der Waals surface area (Å²) in [6.07, 6.45) is 2.74. The maximum Gasteiger partial charge on any atom is 0.303 e. The van der Waals surface area contributed by atoms with E-state index in [1.165, 1.54) is 6.92 Å². The number of hydrogen-bond acceptors (Lipinski definition) is 7. The van der Waals surface area contributed by atoms with Gasteiger partial charge < -0.3 is 24.8 Å². The van der Waals surface area contributed by atoms with Crippen LogP contribution in [0.1, 0.15) is 47.5 Å². The molecule has 0 unspecified atom stereocenters. The van der Waals surface area contributed by atoms with Crippen molar-refractivity contribution in [1.29, 1.82) is 0 Å². The minimum Gasteiger partial charge on any atom is -0.459 e. The van der Waals surface area contributed by atoms with Crippen LogP contribution in [0.15, 0.2) is 23.3 Å². The fourth-order valence-corrected chi connectivity index (χ4v) is 6.73. The molecule has 2 bridgehead atoms. The monoisotopic (exact) mass is 420 g/mol. The lowest BCUT2D eigenvalue weighted by molar-refractivity contribution is -0.222. The third-order valence-corrected chi connectivity index (χ3v) is 8.30. The predicted molar refractivity (Wildman–Crippen MR) is 107 cm³/mol. The average Bonchev–Trinajstić information content (AvgIpc) is 3.17. The van der Waals surface area contributed by atoms with E-state index in [1.807, 2.05) is 26.8 Å². The van der Waals surface area contributed by atoms with Gasteiger partial charge in [0.05, 0.1) is 18.8 Å². The number of aliphatic hydroxyl groups excluding tert-OH is 1. The van der Waals surface area contributed by atoms with E-state index in [9.17, 15) is 24.9 Å². The van der Waals surface area contributed by atoms with Crippen molar-refractivity contribution in [2.75, 3.05) is 13.2 Å². The van der Waals surface area contributed by atoms with Gasteiger partial charge in [-0.2, -0.15) is 0 Å². The van der Waals surface area contributed by atoms with Gasteiger partial charge in [0, 0.05) is 42.9 Å². The Kier molecular flexibility index (Phi) is 4.69. The fourth-order valence-electron chi connectivity index (χ4n) is 6.73. The highest BCUT2D eigenvalue weighted by Crippen LogP contribution is 2.75. The van der Waals surface area contributed by atoms with Gasteiger partial charge in [-0.1, -0.05) is 32.9 Å². The Labute approximate surface area is 176 Å². The lowest BCUT2D eigenvalue weighted by Gasteiger charge is -2.53. The van der Waals surface area contributed by atoms with Crippen molar-refractivity contribution in [3.05, 3.63) is 23.3 Å². The number of carbonyl (C=O) groups excluding carboxylic acids is 2. The summed E-state index contributed by atoms with van der Waals surface area (Å²) >= 11 is 0. The lowest BCUT2D eigenvalue weighted by Crippen LogP contribution is -2.63. The summed E-state index contributed by atoms with van der Waals surface area (Å²) in [5, 5.41) is 33.2. The summed E-state index contributed by atoms with van der Waals surface area (Å²) in [5.41, 5.74) is -3.63. The number of aliphatic hydroxyl groups is 3. The summed E-state index contributed by atoms with van der Waals surface area (Å²) in [5.74, 6) is -2.03. The van der Waals surface area contributed by atoms with Crippen molar-refractivity contribution in [1.82, 2.24) is 0 Å². The van der Waals surface area contributed by atoms with Crippen molar-refractivity contribution < 1.29 is 34.4 Å². The van der Waals surface area contributed by atoms with E-state index >= 15 is 0 Å². The molecule has 7 nitrogen and oxygen atoms in total. The van der Waals surface area contributed by atoms with Crippen molar-refractivity contribution >= 4 is 11.8 Å². The molecule has 4 aliphatic rings. The van der Waals surface area contributed by atoms with Crippen LogP contribution in [0.5, 0.6) is 0 Å². The van der Waals surface area contributed by atoms with Gasteiger partial charge in [-0.15, -0.1) is 0 Å². The first-order valence-electron chi connectivity index (χ1n) is 10.6. The molecule has 4 rings (SSSR count). The van der Waals surface area contributed by atoms with E-state index in [0.29, 0.717) is 11.1 Å². The van der Waals surface area contributed by atoms with Crippen LogP contribution in [0.3, 0.4) is 0 Å². The fraction of sp³-hybridized carbons (Fsp3) is 0.739. The van der Waals surface area contributed by atoms with Crippen LogP contribution in [0, 0.1) is 23.2 Å². The Balaban J connectivity index is 1.94. The van der Waals surface area contributed by atoms with Crippen LogP contribution in [-0.4, -0.2) is 63.2 Å². The second kappa shape index (κ2) is 6.48. The lowest BCUT2D eigenvalue weighted by atomic mass is 9.62. The van der Waals surface area contributed by atoms with Crippen LogP contribution in [0.2, 0.25) is 0 Å². The van der Waals surface area contributed by atoms with Crippen molar-refractivity contribution in [2.45, 2.75) is 70.4 Å². The molecule has 2 fully saturated rings. The molecule has 1 spiro atoms. The van der Waals surface area contributed by atoms with Gasteiger partial charge in [-0.05, 0) is 18.1 Å². The Morgan fingerprint density at radius 3 is 2.60 bits per heavy atom. The van der Waals surface area contributed by atoms with E-state index < -0.39 is 40.2 Å². The largest absolute Gasteiger partial charge is 0.459 e. The van der Waals surface area contributed by atoms with Crippen LogP contribution in [0.4, 0.5) is 0 Å². The number of ether oxygens (including phenoxy) is 2. The van der Waals surface area contributed by atoms with Crippen molar-refractivity contribution in [2.24, 2.45) is 23.2 Å². The molecule has 166 valence electrons. The highest BCUT2D eigenvalue weighted by molar-refractivity contribution is 6.01. The molecule has 30 heavy (non-hydrogen) atoms. The molecule has 7 atom stereocenters. The molecule has 0 amide bonds. The quantitative estimate of drug-likeness (QED) is 0.456. The molecule has 7 heteroatoms. The number of rotatable bonds is 2. The molecule has 1 aliphatic heterocycles. The third-order valence-electron chi connectivity index (χ3n) is 8.30. The van der Waals surface area contributed by atoms with Gasteiger partial charge in [0.2, 0.25) is 0 Å². The Morgan fingerprint density at radius 2 is 2.00 bits per heavy atom. The van der Waals surface area contributed by atoms with Crippen LogP contribution in [-0.2, 0) is 19.1 Å². The van der Waals surface area contributed by atoms with Crippen molar-refractivity contribution in [3.8, 4) is 0 Å². The van der Waals surface area contributed by atoms with Crippen LogP contribution in [0.25, 0.3) is 0 Å². The first kappa shape index (κ1) is 21.7. The second-order valence-corrected chi connectivity index (χ2v) is 10.2. The molecule has 0 radical (unpaired) electrons. The minimum absolute atomic E-state index is 0.00561. The SMILES string of the molecule is CC(=O)O[C@@H]1[C@@H](C)[C@]23C[C@](O)(CC(CO)=C[C@H]2[C@H]2C(C)(C)[C@]12O)C(=O)/C(C)=C\CO3. The topological polar surface area (TPSA) is 113 Å². The number of Topliss-reactive ketones (excluding diaryl/α,β-unsaturated/α-hetero) is 1. The van der Waals surface area contributed by atoms with E-state index in [4.69, 9.17) is 9.47 Å². The summed E-state index contributed by atoms with van der Waals surface area (Å²) in [6.45, 7) is 8.56. The number of esters is 1. The summed E-state index contributed by atoms with van der Waals surface area (Å²) in [6, 6.07) is 0. The third kappa shape index (κ3) is 2.58. The predicted octanol–water partition coefficient (Wildman–Crippen LogP) is 1.30. The molecular formula is C23H32O7. The smallest absolute Gasteiger partial charge is 0.303 e. The summed E-state index contributed by atoms with van der Waals surface area (Å²) < 4.78 is 12.1. The second-order valence-electron chi connectivity index (χ2n) is 10.2. The van der Waals surface area contributed by atoms with Gasteiger partial charge in [-0.3, -0.25) is 9.59 Å². The standard InChI is InChI=1S/C23H32O7/c1-12-6-7-29-22-11-21(27,18(12)26)9-15(10-24)8-16(22)17-20(4,5)23(17,28)19(13(22)2)30-14(3)25/h6,8,13,16-17,19,24,27-28H,7,9-11H2,1-5H3/b12-6-/t13-,16+,17+,19-,21-,22-,23-/m1/s1. The molecule has 3 aliphatic carbocycles. The molecule has 1 heterocycles. The van der Waals surface area contributed by atoms with E-state index in [1.54, 1.807) is 13.0 Å². The maximum atomic E-state index is 13.1. The van der Waals surface area contributed by atoms with Gasteiger partial charge in [-0.25, -0.2) is 0 Å². The maximum absolute atomic E-state index is 13.1. The highest BCUT2D eigenvalue weighted by atomic mass is 16.6. The molecule has 2 saturated carbocycles. The van der Waals surface area contributed by atoms with Crippen LogP contribution >= 0.6 is 0 Å². The Morgan fingerprint density at radius 1 is 1.33 bits per heavy atom. The van der Waals surface area contributed by atoms with Gasteiger partial charge in [0.15, 0.2) is 5.78 Å². The van der Waals surface area contributed by atoms with E-state index in [0.717, 1.165) is 0 Å². The molecular weight excluding hydrogens is 388 g/mol. The highest BCUT2D eigenvalue weighted by Gasteiger charge is 2.84. The van der Waals surface area contributed by atoms with Gasteiger partial charge in [0.1, 0.15) is 17.3 Å². The Bertz CT molecular complexity index is 858. The van der Waals surface area contributed by atoms with E-state index in [-0.39, 0.29) is 43.7 Å². The Hall–Kier alpha value is -1.54. The van der Waals surface area contributed by atoms with Gasteiger partial charge >= 0.3 is 5.97 Å². The number of fused-ring (bicyclic) bond motifs is 3. The molecule has 3 N–H and O–H groups in total. The van der Waals surface area contributed by atoms with Gasteiger partial charge in [0.25, 0.3) is 0 Å². The van der Waals surface area contributed by atoms with Crippen LogP contribution < -0.4 is 0 Å². The first-order chi connectivity index (χ1) is 13.8. The zero-order chi connectivity index (χ0) is 22.3. The first-order valence-corrected chi connectivity index (χ1v) is 10.6.